The van der Waals surface area contributed by atoms with E-state index >= 15 is 0 Å². The Morgan fingerprint density at radius 3 is 1.97 bits per heavy atom. The topological polar surface area (TPSA) is 19.0 Å². The highest BCUT2D eigenvalue weighted by atomic mass is 16.5. The third-order valence-corrected chi connectivity index (χ3v) is 6.54. The van der Waals surface area contributed by atoms with Gasteiger partial charge in [0.15, 0.2) is 0 Å². The molecule has 0 aliphatic carbocycles. The first-order chi connectivity index (χ1) is 17.1. The normalized spacial score (nSPS) is 13.5. The lowest BCUT2D eigenvalue weighted by Gasteiger charge is -2.24. The molecular weight excluding hydrogens is 442 g/mol. The molecule has 36 heavy (non-hydrogen) atoms. The van der Waals surface area contributed by atoms with Crippen LogP contribution >= 0.6 is 0 Å². The van der Waals surface area contributed by atoms with Crippen molar-refractivity contribution in [2.24, 2.45) is 5.41 Å². The van der Waals surface area contributed by atoms with E-state index in [-0.39, 0.29) is 5.41 Å². The number of hydrogen-bond donors (Lipinski definition) is 0. The molecule has 4 heteroatoms. The smallest absolute Gasteiger partial charge is 0.119 e. The maximum Gasteiger partial charge on any atom is 0.119 e. The Kier molecular flexibility index (Phi) is 16.4. The Balaban J connectivity index is 2.42. The quantitative estimate of drug-likeness (QED) is 0.143. The van der Waals surface area contributed by atoms with Gasteiger partial charge in [0.2, 0.25) is 0 Å². The highest BCUT2D eigenvalue weighted by Crippen LogP contribution is 2.28. The summed E-state index contributed by atoms with van der Waals surface area (Å²) in [5.41, 5.74) is 2.58. The van der Waals surface area contributed by atoms with E-state index in [0.717, 1.165) is 51.3 Å². The lowest BCUT2D eigenvalue weighted by Crippen LogP contribution is -2.31. The fraction of sp³-hybridized carbons (Fsp3) is 0.625. The minimum Gasteiger partial charge on any atom is -0.494 e. The Morgan fingerprint density at radius 1 is 0.861 bits per heavy atom. The van der Waals surface area contributed by atoms with Gasteiger partial charge in [-0.1, -0.05) is 48.9 Å². The summed E-state index contributed by atoms with van der Waals surface area (Å²) < 4.78 is 6.03. The van der Waals surface area contributed by atoms with Gasteiger partial charge in [0.05, 0.1) is 6.61 Å². The molecule has 0 aromatic heterocycles. The van der Waals surface area contributed by atoms with Crippen LogP contribution < -0.4 is 4.74 Å². The Hall–Kier alpha value is -1.88. The highest BCUT2D eigenvalue weighted by Gasteiger charge is 2.15. The van der Waals surface area contributed by atoms with Gasteiger partial charge >= 0.3 is 0 Å². The molecular formula is C32H55N3O. The molecule has 0 radical (unpaired) electrons. The predicted octanol–water partition coefficient (Wildman–Crippen LogP) is 7.00. The summed E-state index contributed by atoms with van der Waals surface area (Å²) in [6, 6.07) is 8.46. The maximum absolute atomic E-state index is 6.03. The molecule has 204 valence electrons. The molecule has 0 amide bonds. The van der Waals surface area contributed by atoms with E-state index in [4.69, 9.17) is 4.74 Å². The van der Waals surface area contributed by atoms with E-state index in [0.29, 0.717) is 0 Å². The molecule has 4 nitrogen and oxygen atoms in total. The summed E-state index contributed by atoms with van der Waals surface area (Å²) in [6.45, 7) is 17.2. The number of rotatable bonds is 20. The maximum atomic E-state index is 6.03. The molecule has 0 saturated carbocycles. The Morgan fingerprint density at radius 2 is 1.44 bits per heavy atom. The van der Waals surface area contributed by atoms with Crippen molar-refractivity contribution < 1.29 is 4.74 Å². The number of ether oxygens (including phenoxy) is 1. The zero-order chi connectivity index (χ0) is 26.8. The molecule has 1 rings (SSSR count). The van der Waals surface area contributed by atoms with Crippen LogP contribution in [-0.4, -0.2) is 82.2 Å². The van der Waals surface area contributed by atoms with E-state index in [1.165, 1.54) is 43.5 Å². The van der Waals surface area contributed by atoms with Crippen LogP contribution in [0, 0.1) is 5.41 Å². The zero-order valence-electron chi connectivity index (χ0n) is 24.6. The first kappa shape index (κ1) is 32.1. The molecule has 0 spiro atoms. The summed E-state index contributed by atoms with van der Waals surface area (Å²) in [4.78, 5) is 7.18. The van der Waals surface area contributed by atoms with Crippen LogP contribution in [0.1, 0.15) is 64.9 Å². The summed E-state index contributed by atoms with van der Waals surface area (Å²) in [7, 11) is 8.62. The van der Waals surface area contributed by atoms with Crippen molar-refractivity contribution in [3.63, 3.8) is 0 Å². The molecule has 0 heterocycles. The lowest BCUT2D eigenvalue weighted by molar-refractivity contribution is 0.227. The molecule has 0 bridgehead atoms. The molecule has 1 unspecified atom stereocenters. The third-order valence-electron chi connectivity index (χ3n) is 6.54. The van der Waals surface area contributed by atoms with Gasteiger partial charge in [-0.2, -0.15) is 0 Å². The van der Waals surface area contributed by atoms with Crippen LogP contribution in [0.25, 0.3) is 6.08 Å². The van der Waals surface area contributed by atoms with Crippen LogP contribution in [0.4, 0.5) is 0 Å². The summed E-state index contributed by atoms with van der Waals surface area (Å²) >= 11 is 0. The van der Waals surface area contributed by atoms with Crippen LogP contribution in [0.2, 0.25) is 0 Å². The second-order valence-corrected chi connectivity index (χ2v) is 11.1. The minimum absolute atomic E-state index is 0.00787. The third kappa shape index (κ3) is 16.0. The zero-order valence-corrected chi connectivity index (χ0v) is 24.6. The van der Waals surface area contributed by atoms with Gasteiger partial charge < -0.3 is 19.4 Å². The van der Waals surface area contributed by atoms with Crippen molar-refractivity contribution in [3.05, 3.63) is 60.2 Å². The van der Waals surface area contributed by atoms with Gasteiger partial charge in [0.1, 0.15) is 5.75 Å². The van der Waals surface area contributed by atoms with Crippen LogP contribution in [-0.2, 0) is 0 Å². The monoisotopic (exact) mass is 497 g/mol. The van der Waals surface area contributed by atoms with Crippen LogP contribution in [0.3, 0.4) is 0 Å². The van der Waals surface area contributed by atoms with E-state index in [1.54, 1.807) is 0 Å². The standard InChI is InChI=1S/C32H55N3O/c1-9-32(4,21-12-15-29(2)3)22-20-30-16-18-31(19-17-30)36-28-11-10-25-35(26-13-23-33(5)6)27-14-24-34(7)8/h9,15-20,22H,1,10-14,21,23-28H2,2-8H3/b22-20+. The summed E-state index contributed by atoms with van der Waals surface area (Å²) in [6.07, 6.45) is 15.7. The fourth-order valence-electron chi connectivity index (χ4n) is 4.07. The molecule has 0 aliphatic rings. The van der Waals surface area contributed by atoms with Crippen molar-refractivity contribution >= 4 is 6.08 Å². The van der Waals surface area contributed by atoms with E-state index in [2.05, 4.69) is 119 Å². The second kappa shape index (κ2) is 18.4. The molecule has 1 aromatic carbocycles. The van der Waals surface area contributed by atoms with E-state index in [1.807, 2.05) is 0 Å². The van der Waals surface area contributed by atoms with Gasteiger partial charge in [0, 0.05) is 5.41 Å². The molecule has 0 aliphatic heterocycles. The second-order valence-electron chi connectivity index (χ2n) is 11.1. The first-order valence-electron chi connectivity index (χ1n) is 13.8. The number of unbranched alkanes of at least 4 members (excludes halogenated alkanes) is 1. The summed E-state index contributed by atoms with van der Waals surface area (Å²) in [5.74, 6) is 0.955. The van der Waals surface area contributed by atoms with Crippen molar-refractivity contribution in [2.75, 3.05) is 67.5 Å². The van der Waals surface area contributed by atoms with E-state index < -0.39 is 0 Å². The largest absolute Gasteiger partial charge is 0.494 e. The molecule has 0 fully saturated rings. The number of hydrogen-bond acceptors (Lipinski definition) is 4. The van der Waals surface area contributed by atoms with Crippen LogP contribution in [0.15, 0.2) is 54.6 Å². The van der Waals surface area contributed by atoms with Gasteiger partial charge in [-0.25, -0.2) is 0 Å². The lowest BCUT2D eigenvalue weighted by atomic mass is 9.84. The van der Waals surface area contributed by atoms with Gasteiger partial charge in [-0.05, 0) is 131 Å². The fourth-order valence-corrected chi connectivity index (χ4v) is 4.07. The predicted molar refractivity (Wildman–Crippen MR) is 160 cm³/mol. The van der Waals surface area contributed by atoms with Gasteiger partial charge in [-0.15, -0.1) is 6.58 Å². The number of benzene rings is 1. The number of allylic oxidation sites excluding steroid dienone is 4. The van der Waals surface area contributed by atoms with Crippen molar-refractivity contribution in [2.45, 2.75) is 59.3 Å². The highest BCUT2D eigenvalue weighted by molar-refractivity contribution is 5.52. The van der Waals surface area contributed by atoms with Crippen molar-refractivity contribution in [1.82, 2.24) is 14.7 Å². The Bertz CT molecular complexity index is 748. The molecule has 1 aromatic rings. The van der Waals surface area contributed by atoms with E-state index in [9.17, 15) is 0 Å². The van der Waals surface area contributed by atoms with Crippen molar-refractivity contribution in [1.29, 1.82) is 0 Å². The molecule has 1 atom stereocenters. The SMILES string of the molecule is C=CC(C)(/C=C/c1ccc(OCCCCN(CCCN(C)C)CCCN(C)C)cc1)CCC=C(C)C. The average molecular weight is 498 g/mol. The minimum atomic E-state index is 0.00787. The van der Waals surface area contributed by atoms with Gasteiger partial charge in [-0.3, -0.25) is 0 Å². The first-order valence-corrected chi connectivity index (χ1v) is 13.8. The van der Waals surface area contributed by atoms with Gasteiger partial charge in [0.25, 0.3) is 0 Å². The van der Waals surface area contributed by atoms with Crippen LogP contribution in [0.5, 0.6) is 5.75 Å². The molecule has 0 N–H and O–H groups in total. The number of nitrogens with zero attached hydrogens (tertiary/aromatic N) is 3. The average Bonchev–Trinajstić information content (AvgIpc) is 2.82. The molecule has 0 saturated heterocycles. The Labute approximate surface area is 223 Å². The van der Waals surface area contributed by atoms with Crippen molar-refractivity contribution in [3.8, 4) is 5.75 Å². The summed E-state index contributed by atoms with van der Waals surface area (Å²) in [5, 5.41) is 0.